The molecule has 0 spiro atoms. The van der Waals surface area contributed by atoms with Gasteiger partial charge in [-0.25, -0.2) is 0 Å². The van der Waals surface area contributed by atoms with Gasteiger partial charge in [-0.1, -0.05) is 29.3 Å². The number of ether oxygens (including phenoxy) is 1. The van der Waals surface area contributed by atoms with Gasteiger partial charge in [-0.2, -0.15) is 0 Å². The second-order valence-electron chi connectivity index (χ2n) is 5.59. The lowest BCUT2D eigenvalue weighted by atomic mass is 9.82. The topological polar surface area (TPSA) is 9.23 Å². The number of hydrogen-bond donors (Lipinski definition) is 0. The third-order valence-corrected chi connectivity index (χ3v) is 5.45. The van der Waals surface area contributed by atoms with Gasteiger partial charge in [-0.3, -0.25) is 0 Å². The van der Waals surface area contributed by atoms with Crippen LogP contribution >= 0.6 is 15.9 Å². The van der Waals surface area contributed by atoms with E-state index in [4.69, 9.17) is 4.74 Å². The summed E-state index contributed by atoms with van der Waals surface area (Å²) in [6.07, 6.45) is 10.1. The Hall–Kier alpha value is 0.440. The molecule has 1 heterocycles. The van der Waals surface area contributed by atoms with Crippen LogP contribution in [0, 0.1) is 11.3 Å². The van der Waals surface area contributed by atoms with E-state index in [-0.39, 0.29) is 0 Å². The Labute approximate surface area is 102 Å². The summed E-state index contributed by atoms with van der Waals surface area (Å²) in [5, 5.41) is 1.18. The molecule has 2 unspecified atom stereocenters. The monoisotopic (exact) mass is 274 g/mol. The minimum absolute atomic E-state index is 0.568. The molecule has 1 saturated heterocycles. The summed E-state index contributed by atoms with van der Waals surface area (Å²) < 4.78 is 5.67. The summed E-state index contributed by atoms with van der Waals surface area (Å²) in [5.41, 5.74) is 0.568. The van der Waals surface area contributed by atoms with Crippen molar-refractivity contribution < 1.29 is 4.74 Å². The molecule has 1 aliphatic carbocycles. The van der Waals surface area contributed by atoms with Crippen molar-refractivity contribution in [1.82, 2.24) is 0 Å². The fraction of sp³-hybridized carbons (Fsp3) is 1.00. The molecule has 1 nitrogen and oxygen atoms in total. The van der Waals surface area contributed by atoms with Crippen molar-refractivity contribution in [2.45, 2.75) is 58.0 Å². The van der Waals surface area contributed by atoms with Crippen LogP contribution in [-0.4, -0.2) is 18.0 Å². The van der Waals surface area contributed by atoms with Crippen LogP contribution in [0.3, 0.4) is 0 Å². The van der Waals surface area contributed by atoms with Gasteiger partial charge in [0, 0.05) is 11.9 Å². The summed E-state index contributed by atoms with van der Waals surface area (Å²) in [4.78, 5) is 0. The fourth-order valence-corrected chi connectivity index (χ4v) is 3.50. The molecule has 0 aromatic rings. The van der Waals surface area contributed by atoms with E-state index in [2.05, 4.69) is 22.9 Å². The van der Waals surface area contributed by atoms with Crippen molar-refractivity contribution in [3.8, 4) is 0 Å². The molecule has 0 bridgehead atoms. The summed E-state index contributed by atoms with van der Waals surface area (Å²) in [7, 11) is 0. The lowest BCUT2D eigenvalue weighted by Crippen LogP contribution is -2.21. The second kappa shape index (κ2) is 5.18. The molecule has 2 aliphatic rings. The van der Waals surface area contributed by atoms with Gasteiger partial charge < -0.3 is 4.74 Å². The Morgan fingerprint density at radius 1 is 1.33 bits per heavy atom. The smallest absolute Gasteiger partial charge is 0.0576 e. The molecular weight excluding hydrogens is 252 g/mol. The molecule has 88 valence electrons. The number of hydrogen-bond acceptors (Lipinski definition) is 1. The predicted octanol–water partition coefficient (Wildman–Crippen LogP) is 4.15. The first kappa shape index (κ1) is 11.9. The van der Waals surface area contributed by atoms with Gasteiger partial charge >= 0.3 is 0 Å². The SMILES string of the molecule is CC(CBr)(CCCC1CCCO1)C1CC1. The van der Waals surface area contributed by atoms with Gasteiger partial charge in [0.05, 0.1) is 6.10 Å². The maximum absolute atomic E-state index is 5.67. The molecule has 2 heteroatoms. The molecule has 15 heavy (non-hydrogen) atoms. The van der Waals surface area contributed by atoms with Crippen LogP contribution < -0.4 is 0 Å². The van der Waals surface area contributed by atoms with Gasteiger partial charge in [0.25, 0.3) is 0 Å². The summed E-state index contributed by atoms with van der Waals surface area (Å²) in [6.45, 7) is 3.46. The Bertz CT molecular complexity index is 197. The molecule has 1 saturated carbocycles. The van der Waals surface area contributed by atoms with E-state index in [1.54, 1.807) is 0 Å². The van der Waals surface area contributed by atoms with Crippen molar-refractivity contribution >= 4 is 15.9 Å². The zero-order valence-electron chi connectivity index (χ0n) is 9.80. The van der Waals surface area contributed by atoms with Crippen LogP contribution in [0.5, 0.6) is 0 Å². The number of halogens is 1. The predicted molar refractivity (Wildman–Crippen MR) is 67.5 cm³/mol. The van der Waals surface area contributed by atoms with Crippen LogP contribution in [0.25, 0.3) is 0 Å². The highest BCUT2D eigenvalue weighted by Crippen LogP contribution is 2.49. The van der Waals surface area contributed by atoms with Crippen LogP contribution in [-0.2, 0) is 4.74 Å². The minimum Gasteiger partial charge on any atom is -0.378 e. The van der Waals surface area contributed by atoms with Crippen LogP contribution in [0.15, 0.2) is 0 Å². The number of alkyl halides is 1. The zero-order valence-corrected chi connectivity index (χ0v) is 11.4. The highest BCUT2D eigenvalue weighted by Gasteiger charge is 2.40. The third kappa shape index (κ3) is 3.20. The van der Waals surface area contributed by atoms with Crippen LogP contribution in [0.2, 0.25) is 0 Å². The van der Waals surface area contributed by atoms with E-state index in [1.165, 1.54) is 50.3 Å². The Morgan fingerprint density at radius 3 is 2.67 bits per heavy atom. The second-order valence-corrected chi connectivity index (χ2v) is 6.15. The standard InChI is InChI=1S/C13H23BrO/c1-13(10-14,11-6-7-11)8-2-4-12-5-3-9-15-12/h11-12H,2-10H2,1H3. The average molecular weight is 275 g/mol. The van der Waals surface area contributed by atoms with Gasteiger partial charge in [0.2, 0.25) is 0 Å². The summed E-state index contributed by atoms with van der Waals surface area (Å²) in [6, 6.07) is 0. The third-order valence-electron chi connectivity index (χ3n) is 4.17. The first-order valence-electron chi connectivity index (χ1n) is 6.42. The summed E-state index contributed by atoms with van der Waals surface area (Å²) >= 11 is 3.70. The van der Waals surface area contributed by atoms with E-state index in [9.17, 15) is 0 Å². The molecule has 2 atom stereocenters. The maximum atomic E-state index is 5.67. The van der Waals surface area contributed by atoms with Crippen molar-refractivity contribution in [3.05, 3.63) is 0 Å². The molecule has 0 aromatic heterocycles. The average Bonchev–Trinajstić information content (AvgIpc) is 2.98. The van der Waals surface area contributed by atoms with Gasteiger partial charge in [0.15, 0.2) is 0 Å². The first-order chi connectivity index (χ1) is 7.24. The van der Waals surface area contributed by atoms with Crippen molar-refractivity contribution in [1.29, 1.82) is 0 Å². The Balaban J connectivity index is 1.66. The van der Waals surface area contributed by atoms with Gasteiger partial charge in [-0.15, -0.1) is 0 Å². The lowest BCUT2D eigenvalue weighted by Gasteiger charge is -2.27. The normalized spacial score (nSPS) is 30.4. The van der Waals surface area contributed by atoms with Crippen LogP contribution in [0.1, 0.15) is 51.9 Å². The van der Waals surface area contributed by atoms with Crippen molar-refractivity contribution in [2.75, 3.05) is 11.9 Å². The minimum atomic E-state index is 0.568. The van der Waals surface area contributed by atoms with Crippen molar-refractivity contribution in [2.24, 2.45) is 11.3 Å². The molecule has 0 aromatic carbocycles. The molecule has 0 radical (unpaired) electrons. The maximum Gasteiger partial charge on any atom is 0.0576 e. The van der Waals surface area contributed by atoms with Gasteiger partial charge in [0.1, 0.15) is 0 Å². The lowest BCUT2D eigenvalue weighted by molar-refractivity contribution is 0.0980. The molecule has 2 rings (SSSR count). The van der Waals surface area contributed by atoms with E-state index in [0.717, 1.165) is 12.5 Å². The molecule has 2 fully saturated rings. The van der Waals surface area contributed by atoms with Gasteiger partial charge in [-0.05, 0) is 49.9 Å². The van der Waals surface area contributed by atoms with E-state index in [1.807, 2.05) is 0 Å². The first-order valence-corrected chi connectivity index (χ1v) is 7.54. The van der Waals surface area contributed by atoms with Crippen LogP contribution in [0.4, 0.5) is 0 Å². The quantitative estimate of drug-likeness (QED) is 0.662. The summed E-state index contributed by atoms with van der Waals surface area (Å²) in [5.74, 6) is 1.00. The van der Waals surface area contributed by atoms with E-state index >= 15 is 0 Å². The van der Waals surface area contributed by atoms with E-state index < -0.39 is 0 Å². The molecule has 0 amide bonds. The molecule has 0 N–H and O–H groups in total. The van der Waals surface area contributed by atoms with E-state index in [0.29, 0.717) is 11.5 Å². The highest BCUT2D eigenvalue weighted by molar-refractivity contribution is 9.09. The van der Waals surface area contributed by atoms with Crippen molar-refractivity contribution in [3.63, 3.8) is 0 Å². The fourth-order valence-electron chi connectivity index (χ4n) is 2.77. The molecule has 1 aliphatic heterocycles. The highest BCUT2D eigenvalue weighted by atomic mass is 79.9. The molecular formula is C13H23BrO. The zero-order chi connectivity index (χ0) is 10.7. The Morgan fingerprint density at radius 2 is 2.13 bits per heavy atom. The largest absolute Gasteiger partial charge is 0.378 e. The number of rotatable bonds is 6. The Kier molecular flexibility index (Phi) is 4.11.